The van der Waals surface area contributed by atoms with Crippen LogP contribution in [0.4, 0.5) is 11.4 Å². The molecular formula is C8H11AlN2O. The molecule has 1 rings (SSSR count). The molecule has 1 unspecified atom stereocenters. The molecule has 3 nitrogen and oxygen atoms in total. The maximum Gasteiger partial charge on any atom is 0.370 e. The van der Waals surface area contributed by atoms with Crippen LogP contribution in [0.5, 0.6) is 0 Å². The molecule has 4 heteroatoms. The maximum atomic E-state index is 5.72. The van der Waals surface area contributed by atoms with Crippen molar-refractivity contribution < 1.29 is 3.79 Å². The molecule has 4 N–H and O–H groups in total. The lowest BCUT2D eigenvalue weighted by Crippen LogP contribution is -2.02. The lowest BCUT2D eigenvalue weighted by atomic mass is 10.1. The molecule has 0 heterocycles. The summed E-state index contributed by atoms with van der Waals surface area (Å²) in [5.41, 5.74) is 13.7. The van der Waals surface area contributed by atoms with Gasteiger partial charge in [-0.05, 0) is 25.1 Å². The molecule has 0 aliphatic heterocycles. The minimum absolute atomic E-state index is 0.0431. The van der Waals surface area contributed by atoms with Gasteiger partial charge in [-0.2, -0.15) is 0 Å². The van der Waals surface area contributed by atoms with Crippen LogP contribution in [0.2, 0.25) is 0 Å². The Morgan fingerprint density at radius 2 is 2.08 bits per heavy atom. The highest BCUT2D eigenvalue weighted by molar-refractivity contribution is 5.98. The van der Waals surface area contributed by atoms with E-state index < -0.39 is 0 Å². The van der Waals surface area contributed by atoms with Gasteiger partial charge in [0.1, 0.15) is 0 Å². The second-order valence-corrected chi connectivity index (χ2v) is 2.94. The smallest absolute Gasteiger partial charge is 0.370 e. The molecule has 1 aromatic rings. The molecule has 0 amide bonds. The van der Waals surface area contributed by atoms with Crippen molar-refractivity contribution in [3.63, 3.8) is 0 Å². The van der Waals surface area contributed by atoms with Crippen LogP contribution in [0.1, 0.15) is 18.6 Å². The van der Waals surface area contributed by atoms with Crippen LogP contribution < -0.4 is 11.5 Å². The SMILES string of the molecule is CC([O][Al])c1cc(N)ccc1N. The van der Waals surface area contributed by atoms with Gasteiger partial charge in [0.05, 0.1) is 6.10 Å². The monoisotopic (exact) mass is 178 g/mol. The Morgan fingerprint density at radius 1 is 1.42 bits per heavy atom. The molecule has 0 aromatic heterocycles. The van der Waals surface area contributed by atoms with Crippen molar-refractivity contribution in [1.29, 1.82) is 0 Å². The summed E-state index contributed by atoms with van der Waals surface area (Å²) in [5, 5.41) is 0. The van der Waals surface area contributed by atoms with Gasteiger partial charge in [0.15, 0.2) is 0 Å². The number of hydrogen-bond acceptors (Lipinski definition) is 3. The summed E-state index contributed by atoms with van der Waals surface area (Å²) in [7, 11) is 0. The zero-order valence-corrected chi connectivity index (χ0v) is 8.10. The fourth-order valence-electron chi connectivity index (χ4n) is 1.02. The van der Waals surface area contributed by atoms with Crippen LogP contribution in [0.3, 0.4) is 0 Å². The minimum Gasteiger partial charge on any atom is -0.511 e. The molecule has 12 heavy (non-hydrogen) atoms. The minimum atomic E-state index is -0.0431. The van der Waals surface area contributed by atoms with Gasteiger partial charge in [0.2, 0.25) is 0 Å². The third-order valence-electron chi connectivity index (χ3n) is 1.75. The Labute approximate surface area is 80.5 Å². The maximum absolute atomic E-state index is 5.72. The Hall–Kier alpha value is -0.688. The first kappa shape index (κ1) is 9.40. The summed E-state index contributed by atoms with van der Waals surface area (Å²) in [6, 6.07) is 5.38. The normalized spacial score (nSPS) is 12.8. The average molecular weight is 178 g/mol. The quantitative estimate of drug-likeness (QED) is 0.524. The van der Waals surface area contributed by atoms with Crippen LogP contribution >= 0.6 is 0 Å². The lowest BCUT2D eigenvalue weighted by molar-refractivity contribution is 0.251. The van der Waals surface area contributed by atoms with Gasteiger partial charge in [-0.15, -0.1) is 0 Å². The molecule has 0 fully saturated rings. The van der Waals surface area contributed by atoms with Crippen LogP contribution in [0, 0.1) is 0 Å². The van der Waals surface area contributed by atoms with Crippen molar-refractivity contribution in [2.75, 3.05) is 11.5 Å². The molecular weight excluding hydrogens is 167 g/mol. The van der Waals surface area contributed by atoms with Gasteiger partial charge in [-0.1, -0.05) is 0 Å². The topological polar surface area (TPSA) is 61.3 Å². The first-order chi connectivity index (χ1) is 5.65. The molecule has 0 spiro atoms. The molecule has 0 bridgehead atoms. The third kappa shape index (κ3) is 1.92. The van der Waals surface area contributed by atoms with Crippen LogP contribution in [-0.4, -0.2) is 16.6 Å². The fraction of sp³-hybridized carbons (Fsp3) is 0.250. The molecule has 62 valence electrons. The number of rotatable bonds is 2. The van der Waals surface area contributed by atoms with Crippen LogP contribution in [-0.2, 0) is 3.79 Å². The number of nitrogens with two attached hydrogens (primary N) is 2. The highest BCUT2D eigenvalue weighted by Gasteiger charge is 2.06. The summed E-state index contributed by atoms with van der Waals surface area (Å²) in [4.78, 5) is 0. The molecule has 0 saturated carbocycles. The zero-order chi connectivity index (χ0) is 9.14. The van der Waals surface area contributed by atoms with Gasteiger partial charge in [0, 0.05) is 16.9 Å². The molecule has 1 aromatic carbocycles. The highest BCUT2D eigenvalue weighted by atomic mass is 27.1. The second-order valence-electron chi connectivity index (χ2n) is 2.67. The second kappa shape index (κ2) is 3.81. The summed E-state index contributed by atoms with van der Waals surface area (Å²) >= 11 is 2.21. The summed E-state index contributed by atoms with van der Waals surface area (Å²) in [5.74, 6) is 0. The van der Waals surface area contributed by atoms with Gasteiger partial charge >= 0.3 is 16.6 Å². The van der Waals surface area contributed by atoms with Gasteiger partial charge < -0.3 is 15.3 Å². The van der Waals surface area contributed by atoms with Crippen molar-refractivity contribution in [2.45, 2.75) is 13.0 Å². The van der Waals surface area contributed by atoms with E-state index in [-0.39, 0.29) is 6.10 Å². The fourth-order valence-corrected chi connectivity index (χ4v) is 1.17. The number of anilines is 2. The lowest BCUT2D eigenvalue weighted by Gasteiger charge is -2.14. The molecule has 1 atom stereocenters. The molecule has 2 radical (unpaired) electrons. The van der Waals surface area contributed by atoms with Crippen molar-refractivity contribution in [2.24, 2.45) is 0 Å². The van der Waals surface area contributed by atoms with Crippen molar-refractivity contribution in [3.05, 3.63) is 23.8 Å². The molecule has 0 aliphatic carbocycles. The van der Waals surface area contributed by atoms with E-state index in [4.69, 9.17) is 15.3 Å². The standard InChI is InChI=1S/C8H11N2O.Al/c1-5(11)7-4-6(9)2-3-8(7)10;/h2-5H,9-10H2,1H3;/q-1;+1. The Kier molecular flexibility index (Phi) is 2.99. The molecule has 0 saturated heterocycles. The highest BCUT2D eigenvalue weighted by Crippen LogP contribution is 2.24. The summed E-state index contributed by atoms with van der Waals surface area (Å²) in [6.45, 7) is 1.91. The van der Waals surface area contributed by atoms with Crippen molar-refractivity contribution in [3.8, 4) is 0 Å². The zero-order valence-electron chi connectivity index (χ0n) is 6.95. The molecule has 0 aliphatic rings. The summed E-state index contributed by atoms with van der Waals surface area (Å²) in [6.07, 6.45) is -0.0431. The Morgan fingerprint density at radius 3 is 2.67 bits per heavy atom. The first-order valence-electron chi connectivity index (χ1n) is 3.65. The first-order valence-corrected chi connectivity index (χ1v) is 4.12. The van der Waals surface area contributed by atoms with Crippen molar-refractivity contribution in [1.82, 2.24) is 0 Å². The van der Waals surface area contributed by atoms with Gasteiger partial charge in [-0.3, -0.25) is 0 Å². The van der Waals surface area contributed by atoms with E-state index in [9.17, 15) is 0 Å². The van der Waals surface area contributed by atoms with Crippen molar-refractivity contribution >= 4 is 28.0 Å². The largest absolute Gasteiger partial charge is 0.511 e. The van der Waals surface area contributed by atoms with E-state index >= 15 is 0 Å². The van der Waals surface area contributed by atoms with E-state index in [1.54, 1.807) is 12.1 Å². The van der Waals surface area contributed by atoms with Gasteiger partial charge in [-0.25, -0.2) is 0 Å². The number of hydrogen-bond donors (Lipinski definition) is 2. The number of benzene rings is 1. The Balaban J connectivity index is 3.04. The van der Waals surface area contributed by atoms with E-state index in [1.807, 2.05) is 13.0 Å². The van der Waals surface area contributed by atoms with E-state index in [2.05, 4.69) is 16.6 Å². The third-order valence-corrected chi connectivity index (χ3v) is 2.16. The predicted molar refractivity (Wildman–Crippen MR) is 50.5 cm³/mol. The van der Waals surface area contributed by atoms with Gasteiger partial charge in [0.25, 0.3) is 0 Å². The van der Waals surface area contributed by atoms with E-state index in [1.165, 1.54) is 0 Å². The van der Waals surface area contributed by atoms with Crippen LogP contribution in [0.25, 0.3) is 0 Å². The van der Waals surface area contributed by atoms with E-state index in [0.29, 0.717) is 11.4 Å². The summed E-state index contributed by atoms with van der Waals surface area (Å²) < 4.78 is 5.05. The van der Waals surface area contributed by atoms with Crippen LogP contribution in [0.15, 0.2) is 18.2 Å². The average Bonchev–Trinajstić information content (AvgIpc) is 2.08. The predicted octanol–water partition coefficient (Wildman–Crippen LogP) is 1.01. The number of nitrogen functional groups attached to an aromatic ring is 2. The Bertz CT molecular complexity index is 278. The van der Waals surface area contributed by atoms with E-state index in [0.717, 1.165) is 5.56 Å².